The molecule has 1 atom stereocenters. The SMILES string of the molecule is CC(N)c1cccc2ccsc12. The van der Waals surface area contributed by atoms with Gasteiger partial charge in [-0.05, 0) is 29.3 Å². The van der Waals surface area contributed by atoms with Crippen molar-refractivity contribution in [2.75, 3.05) is 0 Å². The minimum atomic E-state index is 0.132. The van der Waals surface area contributed by atoms with E-state index >= 15 is 0 Å². The molecule has 2 aromatic rings. The summed E-state index contributed by atoms with van der Waals surface area (Å²) in [5.41, 5.74) is 7.10. The normalized spacial score (nSPS) is 13.5. The highest BCUT2D eigenvalue weighted by Gasteiger charge is 2.04. The van der Waals surface area contributed by atoms with Crippen molar-refractivity contribution in [3.8, 4) is 0 Å². The molecule has 1 heterocycles. The second-order valence-electron chi connectivity index (χ2n) is 2.97. The number of benzene rings is 1. The van der Waals surface area contributed by atoms with Crippen LogP contribution < -0.4 is 5.73 Å². The van der Waals surface area contributed by atoms with Crippen molar-refractivity contribution in [3.05, 3.63) is 35.2 Å². The fourth-order valence-corrected chi connectivity index (χ4v) is 2.39. The fraction of sp³-hybridized carbons (Fsp3) is 0.200. The number of rotatable bonds is 1. The lowest BCUT2D eigenvalue weighted by atomic mass is 10.1. The van der Waals surface area contributed by atoms with E-state index in [4.69, 9.17) is 5.73 Å². The average Bonchev–Trinajstić information content (AvgIpc) is 2.49. The Hall–Kier alpha value is -0.860. The summed E-state index contributed by atoms with van der Waals surface area (Å²) in [5.74, 6) is 0. The van der Waals surface area contributed by atoms with Crippen molar-refractivity contribution in [1.29, 1.82) is 0 Å². The average molecular weight is 177 g/mol. The van der Waals surface area contributed by atoms with Gasteiger partial charge in [0.1, 0.15) is 0 Å². The second kappa shape index (κ2) is 2.88. The Morgan fingerprint density at radius 2 is 2.17 bits per heavy atom. The summed E-state index contributed by atoms with van der Waals surface area (Å²) in [6.45, 7) is 2.02. The molecule has 0 radical (unpaired) electrons. The lowest BCUT2D eigenvalue weighted by molar-refractivity contribution is 0.828. The quantitative estimate of drug-likeness (QED) is 0.712. The van der Waals surface area contributed by atoms with Gasteiger partial charge >= 0.3 is 0 Å². The summed E-state index contributed by atoms with van der Waals surface area (Å²) in [6, 6.07) is 8.55. The third-order valence-corrected chi connectivity index (χ3v) is 2.98. The maximum absolute atomic E-state index is 5.85. The molecule has 1 unspecified atom stereocenters. The fourth-order valence-electron chi connectivity index (χ4n) is 1.37. The molecule has 1 nitrogen and oxygen atoms in total. The van der Waals surface area contributed by atoms with Crippen LogP contribution in [0.4, 0.5) is 0 Å². The predicted octanol–water partition coefficient (Wildman–Crippen LogP) is 2.92. The first kappa shape index (κ1) is 7.77. The molecule has 1 aromatic carbocycles. The zero-order valence-electron chi connectivity index (χ0n) is 6.95. The Balaban J connectivity index is 2.73. The lowest BCUT2D eigenvalue weighted by Gasteiger charge is -2.05. The van der Waals surface area contributed by atoms with Gasteiger partial charge in [0.2, 0.25) is 0 Å². The van der Waals surface area contributed by atoms with Crippen LogP contribution >= 0.6 is 11.3 Å². The smallest absolute Gasteiger partial charge is 0.0390 e. The van der Waals surface area contributed by atoms with E-state index in [1.165, 1.54) is 15.6 Å². The Morgan fingerprint density at radius 1 is 1.33 bits per heavy atom. The van der Waals surface area contributed by atoms with Crippen LogP contribution in [0.2, 0.25) is 0 Å². The molecule has 0 aliphatic carbocycles. The minimum Gasteiger partial charge on any atom is -0.324 e. The molecule has 0 spiro atoms. The summed E-state index contributed by atoms with van der Waals surface area (Å²) >= 11 is 1.76. The molecule has 0 saturated heterocycles. The Kier molecular flexibility index (Phi) is 1.87. The number of nitrogens with two attached hydrogens (primary N) is 1. The van der Waals surface area contributed by atoms with Crippen molar-refractivity contribution in [2.45, 2.75) is 13.0 Å². The highest BCUT2D eigenvalue weighted by atomic mass is 32.1. The minimum absolute atomic E-state index is 0.132. The summed E-state index contributed by atoms with van der Waals surface area (Å²) in [6.07, 6.45) is 0. The van der Waals surface area contributed by atoms with E-state index in [9.17, 15) is 0 Å². The zero-order chi connectivity index (χ0) is 8.55. The van der Waals surface area contributed by atoms with E-state index in [1.54, 1.807) is 11.3 Å². The summed E-state index contributed by atoms with van der Waals surface area (Å²) < 4.78 is 1.33. The van der Waals surface area contributed by atoms with Crippen molar-refractivity contribution in [2.24, 2.45) is 5.73 Å². The van der Waals surface area contributed by atoms with Gasteiger partial charge in [-0.25, -0.2) is 0 Å². The van der Waals surface area contributed by atoms with Crippen LogP contribution in [0.1, 0.15) is 18.5 Å². The largest absolute Gasteiger partial charge is 0.324 e. The van der Waals surface area contributed by atoms with Crippen LogP contribution in [0.25, 0.3) is 10.1 Å². The van der Waals surface area contributed by atoms with Crippen LogP contribution in [0.15, 0.2) is 29.6 Å². The van der Waals surface area contributed by atoms with E-state index in [2.05, 4.69) is 29.6 Å². The molecule has 2 rings (SSSR count). The summed E-state index contributed by atoms with van der Waals surface area (Å²) in [4.78, 5) is 0. The van der Waals surface area contributed by atoms with Crippen LogP contribution in [-0.2, 0) is 0 Å². The van der Waals surface area contributed by atoms with Crippen molar-refractivity contribution in [1.82, 2.24) is 0 Å². The first-order chi connectivity index (χ1) is 5.79. The van der Waals surface area contributed by atoms with E-state index in [-0.39, 0.29) is 6.04 Å². The summed E-state index contributed by atoms with van der Waals surface area (Å²) in [5, 5.41) is 3.41. The van der Waals surface area contributed by atoms with E-state index in [0.29, 0.717) is 0 Å². The molecule has 12 heavy (non-hydrogen) atoms. The van der Waals surface area contributed by atoms with Gasteiger partial charge in [-0.1, -0.05) is 18.2 Å². The molecular formula is C10H11NS. The molecule has 2 heteroatoms. The number of hydrogen-bond acceptors (Lipinski definition) is 2. The molecule has 62 valence electrons. The second-order valence-corrected chi connectivity index (χ2v) is 3.89. The molecule has 0 bridgehead atoms. The first-order valence-corrected chi connectivity index (χ1v) is 4.88. The van der Waals surface area contributed by atoms with Crippen LogP contribution in [0.5, 0.6) is 0 Å². The standard InChI is InChI=1S/C10H11NS/c1-7(11)9-4-2-3-8-5-6-12-10(8)9/h2-7H,11H2,1H3. The van der Waals surface area contributed by atoms with E-state index in [0.717, 1.165) is 0 Å². The highest BCUT2D eigenvalue weighted by Crippen LogP contribution is 2.27. The van der Waals surface area contributed by atoms with Gasteiger partial charge in [0.05, 0.1) is 0 Å². The third-order valence-electron chi connectivity index (χ3n) is 2.00. The molecule has 1 aromatic heterocycles. The molecule has 0 fully saturated rings. The van der Waals surface area contributed by atoms with Crippen molar-refractivity contribution >= 4 is 21.4 Å². The van der Waals surface area contributed by atoms with E-state index < -0.39 is 0 Å². The highest BCUT2D eigenvalue weighted by molar-refractivity contribution is 7.17. The van der Waals surface area contributed by atoms with Gasteiger partial charge in [0.25, 0.3) is 0 Å². The Morgan fingerprint density at radius 3 is 2.92 bits per heavy atom. The van der Waals surface area contributed by atoms with Gasteiger partial charge in [0, 0.05) is 10.7 Å². The number of hydrogen-bond donors (Lipinski definition) is 1. The summed E-state index contributed by atoms with van der Waals surface area (Å²) in [7, 11) is 0. The molecule has 2 N–H and O–H groups in total. The topological polar surface area (TPSA) is 26.0 Å². The molecule has 0 aliphatic heterocycles. The van der Waals surface area contributed by atoms with Gasteiger partial charge in [-0.2, -0.15) is 0 Å². The monoisotopic (exact) mass is 177 g/mol. The van der Waals surface area contributed by atoms with Crippen LogP contribution in [0, 0.1) is 0 Å². The Labute approximate surface area is 75.8 Å². The maximum atomic E-state index is 5.85. The first-order valence-electron chi connectivity index (χ1n) is 4.01. The van der Waals surface area contributed by atoms with Gasteiger partial charge in [-0.3, -0.25) is 0 Å². The lowest BCUT2D eigenvalue weighted by Crippen LogP contribution is -2.04. The number of fused-ring (bicyclic) bond motifs is 1. The number of thiophene rings is 1. The predicted molar refractivity (Wildman–Crippen MR) is 54.4 cm³/mol. The van der Waals surface area contributed by atoms with Gasteiger partial charge in [-0.15, -0.1) is 11.3 Å². The molecule has 0 aliphatic rings. The third kappa shape index (κ3) is 1.13. The zero-order valence-corrected chi connectivity index (χ0v) is 7.77. The molecule has 0 amide bonds. The van der Waals surface area contributed by atoms with Gasteiger partial charge in [0.15, 0.2) is 0 Å². The molecule has 0 saturated carbocycles. The van der Waals surface area contributed by atoms with Crippen molar-refractivity contribution in [3.63, 3.8) is 0 Å². The van der Waals surface area contributed by atoms with Crippen molar-refractivity contribution < 1.29 is 0 Å². The molecular weight excluding hydrogens is 166 g/mol. The van der Waals surface area contributed by atoms with Crippen LogP contribution in [-0.4, -0.2) is 0 Å². The van der Waals surface area contributed by atoms with Gasteiger partial charge < -0.3 is 5.73 Å². The van der Waals surface area contributed by atoms with E-state index in [1.807, 2.05) is 6.92 Å². The van der Waals surface area contributed by atoms with Crippen LogP contribution in [0.3, 0.4) is 0 Å². The Bertz CT molecular complexity index is 389. The maximum Gasteiger partial charge on any atom is 0.0390 e.